The molecule has 2 aromatic heterocycles. The van der Waals surface area contributed by atoms with Crippen LogP contribution in [0.4, 0.5) is 0 Å². The lowest BCUT2D eigenvalue weighted by Gasteiger charge is -2.14. The number of nitrogens with zero attached hydrogens (tertiary/aromatic N) is 3. The van der Waals surface area contributed by atoms with Crippen LogP contribution in [0.5, 0.6) is 0 Å². The van der Waals surface area contributed by atoms with Crippen LogP contribution < -0.4 is 0 Å². The highest BCUT2D eigenvalue weighted by atomic mass is 32.1. The van der Waals surface area contributed by atoms with Crippen molar-refractivity contribution >= 4 is 71.2 Å². The van der Waals surface area contributed by atoms with Gasteiger partial charge in [-0.05, 0) is 70.3 Å². The zero-order chi connectivity index (χ0) is 37.4. The predicted octanol–water partition coefficient (Wildman–Crippen LogP) is 13.4. The van der Waals surface area contributed by atoms with Gasteiger partial charge in [0.2, 0.25) is 0 Å². The number of rotatable bonds is 6. The van der Waals surface area contributed by atoms with Crippen molar-refractivity contribution < 1.29 is 0 Å². The maximum Gasteiger partial charge on any atom is 0.161 e. The first-order chi connectivity index (χ1) is 27.7. The first-order valence-corrected chi connectivity index (χ1v) is 19.5. The van der Waals surface area contributed by atoms with Crippen molar-refractivity contribution in [3.63, 3.8) is 0 Å². The van der Waals surface area contributed by atoms with Gasteiger partial charge in [-0.15, -0.1) is 11.3 Å². The van der Waals surface area contributed by atoms with E-state index in [1.165, 1.54) is 42.0 Å². The van der Waals surface area contributed by atoms with E-state index in [1.807, 2.05) is 96.4 Å². The minimum atomic E-state index is 0.143. The van der Waals surface area contributed by atoms with E-state index >= 15 is 0 Å². The van der Waals surface area contributed by atoms with Crippen molar-refractivity contribution in [2.75, 3.05) is 0 Å². The Labute approximate surface area is 328 Å². The van der Waals surface area contributed by atoms with Crippen LogP contribution in [-0.2, 0) is 0 Å². The largest absolute Gasteiger partial charge is 0.309 e. The fourth-order valence-electron chi connectivity index (χ4n) is 7.75. The van der Waals surface area contributed by atoms with E-state index < -0.39 is 0 Å². The highest BCUT2D eigenvalue weighted by Gasteiger charge is 2.20. The summed E-state index contributed by atoms with van der Waals surface area (Å²) in [7, 11) is 0. The summed E-state index contributed by atoms with van der Waals surface area (Å²) in [4.78, 5) is 9.85. The topological polar surface area (TPSA) is 53.5 Å². The van der Waals surface area contributed by atoms with Crippen LogP contribution >= 0.6 is 11.3 Å². The van der Waals surface area contributed by atoms with E-state index in [2.05, 4.69) is 120 Å². The van der Waals surface area contributed by atoms with Crippen LogP contribution in [0.1, 0.15) is 16.7 Å². The Balaban J connectivity index is 1.20. The Morgan fingerprint density at radius 3 is 2.00 bits per heavy atom. The molecule has 56 heavy (non-hydrogen) atoms. The molecule has 0 bridgehead atoms. The number of aromatic nitrogens is 1. The molecule has 1 N–H and O–H groups in total. The Morgan fingerprint density at radius 2 is 1.21 bits per heavy atom. The van der Waals surface area contributed by atoms with Crippen LogP contribution in [-0.4, -0.2) is 22.5 Å². The summed E-state index contributed by atoms with van der Waals surface area (Å²) in [5.41, 5.74) is 10.1. The smallest absolute Gasteiger partial charge is 0.161 e. The summed E-state index contributed by atoms with van der Waals surface area (Å²) in [6.45, 7) is 0. The number of thiophene rings is 1. The Bertz CT molecular complexity index is 3120. The molecule has 0 saturated carbocycles. The first kappa shape index (κ1) is 33.4. The highest BCUT2D eigenvalue weighted by Crippen LogP contribution is 2.45. The molecule has 0 saturated heterocycles. The fraction of sp³-hybridized carbons (Fsp3) is 0. The van der Waals surface area contributed by atoms with E-state index in [0.717, 1.165) is 44.6 Å². The molecule has 10 rings (SSSR count). The SMILES string of the molecule is N=C(N=C(N=Cc1ccccc1)c1ccccc1)c1cc(-c2ccccc2)ccc1-c1cccc2sc3cc4c5ccccc5n(-c5ccccc5)c4cc3c12. The van der Waals surface area contributed by atoms with Gasteiger partial charge >= 0.3 is 0 Å². The monoisotopic (exact) mass is 734 g/mol. The number of para-hydroxylation sites is 2. The van der Waals surface area contributed by atoms with E-state index in [0.29, 0.717) is 5.84 Å². The maximum absolute atomic E-state index is 9.71. The minimum Gasteiger partial charge on any atom is -0.309 e. The number of amidine groups is 2. The van der Waals surface area contributed by atoms with Crippen molar-refractivity contribution in [3.8, 4) is 27.9 Å². The summed E-state index contributed by atoms with van der Waals surface area (Å²) >= 11 is 1.82. The second kappa shape index (κ2) is 14.2. The molecule has 0 aliphatic carbocycles. The van der Waals surface area contributed by atoms with E-state index in [4.69, 9.17) is 9.98 Å². The van der Waals surface area contributed by atoms with Gasteiger partial charge in [-0.2, -0.15) is 0 Å². The van der Waals surface area contributed by atoms with Crippen LogP contribution in [0.3, 0.4) is 0 Å². The second-order valence-electron chi connectivity index (χ2n) is 13.8. The molecule has 0 unspecified atom stereocenters. The summed E-state index contributed by atoms with van der Waals surface area (Å²) in [5.74, 6) is 0.621. The van der Waals surface area contributed by atoms with E-state index in [1.54, 1.807) is 0 Å². The van der Waals surface area contributed by atoms with Crippen LogP contribution in [0, 0.1) is 5.41 Å². The average Bonchev–Trinajstić information content (AvgIpc) is 3.80. The molecular weight excluding hydrogens is 701 g/mol. The lowest BCUT2D eigenvalue weighted by molar-refractivity contribution is 1.18. The van der Waals surface area contributed by atoms with E-state index in [-0.39, 0.29) is 5.84 Å². The predicted molar refractivity (Wildman–Crippen MR) is 238 cm³/mol. The van der Waals surface area contributed by atoms with Gasteiger partial charge in [0.25, 0.3) is 0 Å². The van der Waals surface area contributed by atoms with Crippen LogP contribution in [0.15, 0.2) is 204 Å². The second-order valence-corrected chi connectivity index (χ2v) is 14.9. The number of fused-ring (bicyclic) bond motifs is 6. The van der Waals surface area contributed by atoms with Crippen molar-refractivity contribution in [2.24, 2.45) is 9.98 Å². The molecule has 0 aliphatic heterocycles. The third-order valence-corrected chi connectivity index (χ3v) is 11.5. The molecule has 264 valence electrons. The average molecular weight is 735 g/mol. The molecule has 4 nitrogen and oxygen atoms in total. The van der Waals surface area contributed by atoms with Crippen molar-refractivity contribution in [1.82, 2.24) is 4.57 Å². The zero-order valence-electron chi connectivity index (χ0n) is 30.3. The van der Waals surface area contributed by atoms with Crippen molar-refractivity contribution in [1.29, 1.82) is 5.41 Å². The number of aliphatic imine (C=N–C) groups is 2. The normalized spacial score (nSPS) is 12.0. The lowest BCUT2D eigenvalue weighted by Crippen LogP contribution is -2.06. The van der Waals surface area contributed by atoms with Gasteiger partial charge in [-0.3, -0.25) is 5.41 Å². The molecule has 0 aliphatic rings. The van der Waals surface area contributed by atoms with Crippen LogP contribution in [0.25, 0.3) is 69.9 Å². The number of benzene rings is 8. The number of nitrogens with one attached hydrogen (secondary N) is 1. The van der Waals surface area contributed by atoms with E-state index in [9.17, 15) is 5.41 Å². The Morgan fingerprint density at radius 1 is 0.518 bits per heavy atom. The van der Waals surface area contributed by atoms with Crippen LogP contribution in [0.2, 0.25) is 0 Å². The molecule has 0 spiro atoms. The van der Waals surface area contributed by atoms with Gasteiger partial charge in [0.15, 0.2) is 11.7 Å². The van der Waals surface area contributed by atoms with Gasteiger partial charge in [0, 0.05) is 54.0 Å². The van der Waals surface area contributed by atoms with Gasteiger partial charge in [-0.25, -0.2) is 9.98 Å². The Kier molecular flexibility index (Phi) is 8.47. The zero-order valence-corrected chi connectivity index (χ0v) is 31.1. The molecular formula is C51H34N4S. The molecule has 5 heteroatoms. The molecule has 8 aromatic carbocycles. The molecule has 0 amide bonds. The minimum absolute atomic E-state index is 0.143. The highest BCUT2D eigenvalue weighted by molar-refractivity contribution is 7.26. The van der Waals surface area contributed by atoms with Gasteiger partial charge < -0.3 is 4.57 Å². The molecule has 0 fully saturated rings. The molecule has 0 radical (unpaired) electrons. The summed E-state index contributed by atoms with van der Waals surface area (Å²) in [6, 6.07) is 67.2. The number of hydrogen-bond donors (Lipinski definition) is 1. The van der Waals surface area contributed by atoms with Gasteiger partial charge in [-0.1, -0.05) is 152 Å². The third-order valence-electron chi connectivity index (χ3n) is 10.4. The standard InChI is InChI=1S/C51H34N4S/c52-50(54-51(36-20-9-3-10-21-36)53-33-34-16-5-1-6-17-34)43-30-37(35-18-7-2-8-19-35)28-29-39(43)41-25-15-27-47-49(41)44-31-46-42(32-48(44)56-47)40-24-13-14-26-45(40)55(46)38-22-11-4-12-23-38/h1-33,52H. The summed E-state index contributed by atoms with van der Waals surface area (Å²) < 4.78 is 4.81. The summed E-state index contributed by atoms with van der Waals surface area (Å²) in [5, 5.41) is 14.5. The molecule has 10 aromatic rings. The van der Waals surface area contributed by atoms with Gasteiger partial charge in [0.1, 0.15) is 0 Å². The first-order valence-electron chi connectivity index (χ1n) is 18.7. The molecule has 2 heterocycles. The number of hydrogen-bond acceptors (Lipinski definition) is 2. The lowest BCUT2D eigenvalue weighted by atomic mass is 9.92. The van der Waals surface area contributed by atoms with Crippen molar-refractivity contribution in [2.45, 2.75) is 0 Å². The quantitative estimate of drug-likeness (QED) is 0.131. The summed E-state index contributed by atoms with van der Waals surface area (Å²) in [6.07, 6.45) is 1.81. The van der Waals surface area contributed by atoms with Gasteiger partial charge in [0.05, 0.1) is 11.0 Å². The maximum atomic E-state index is 9.71. The Hall–Kier alpha value is -7.21. The van der Waals surface area contributed by atoms with Crippen molar-refractivity contribution in [3.05, 3.63) is 211 Å². The fourth-order valence-corrected chi connectivity index (χ4v) is 8.90. The molecule has 0 atom stereocenters. The third kappa shape index (κ3) is 6.01.